The molecule has 0 unspecified atom stereocenters. The number of nitrogens with zero attached hydrogens (tertiary/aromatic N) is 6. The van der Waals surface area contributed by atoms with Gasteiger partial charge < -0.3 is 9.80 Å². The number of piperazine rings is 1. The summed E-state index contributed by atoms with van der Waals surface area (Å²) in [5.41, 5.74) is 2.16. The molecule has 5 rings (SSSR count). The Bertz CT molecular complexity index is 1160. The van der Waals surface area contributed by atoms with E-state index in [9.17, 15) is 4.79 Å². The van der Waals surface area contributed by atoms with Crippen molar-refractivity contribution in [2.24, 2.45) is 0 Å². The van der Waals surface area contributed by atoms with Crippen LogP contribution in [-0.4, -0.2) is 56.7 Å². The number of aromatic nitrogens is 4. The lowest BCUT2D eigenvalue weighted by Crippen LogP contribution is -2.49. The maximum Gasteiger partial charge on any atom is 0.264 e. The average Bonchev–Trinajstić information content (AvgIpc) is 3.36. The molecule has 0 aliphatic carbocycles. The molecule has 7 nitrogen and oxygen atoms in total. The lowest BCUT2D eigenvalue weighted by Gasteiger charge is -2.34. The molecule has 1 amide bonds. The van der Waals surface area contributed by atoms with E-state index in [1.54, 1.807) is 12.4 Å². The van der Waals surface area contributed by atoms with Gasteiger partial charge >= 0.3 is 0 Å². The number of thiophene rings is 1. The number of amides is 1. The molecule has 0 N–H and O–H groups in total. The molecule has 0 saturated carbocycles. The molecule has 0 bridgehead atoms. The third-order valence-corrected chi connectivity index (χ3v) is 6.53. The fourth-order valence-electron chi connectivity index (χ4n) is 3.80. The lowest BCUT2D eigenvalue weighted by atomic mass is 10.2. The second kappa shape index (κ2) is 7.87. The summed E-state index contributed by atoms with van der Waals surface area (Å²) in [7, 11) is 0. The zero-order valence-electron chi connectivity index (χ0n) is 16.7. The van der Waals surface area contributed by atoms with Gasteiger partial charge in [-0.25, -0.2) is 9.97 Å². The minimum Gasteiger partial charge on any atom is -0.337 e. The SMILES string of the molecule is Cc1nn(Cc2ccccc2)c2sc(C(=O)N3CCN(c4ncccn4)CC3)cc12. The molecule has 0 radical (unpaired) electrons. The standard InChI is InChI=1S/C22H22N6OS/c1-16-18-14-19(30-21(18)28(25-16)15-17-6-3-2-4-7-17)20(29)26-10-12-27(13-11-26)22-23-8-5-9-24-22/h2-9,14H,10-13,15H2,1H3. The Morgan fingerprint density at radius 1 is 1.03 bits per heavy atom. The number of benzene rings is 1. The van der Waals surface area contributed by atoms with Crippen LogP contribution in [0, 0.1) is 6.92 Å². The molecular formula is C22H22N6OS. The van der Waals surface area contributed by atoms with Gasteiger partial charge in [-0.15, -0.1) is 11.3 Å². The highest BCUT2D eigenvalue weighted by Crippen LogP contribution is 2.30. The molecule has 4 heterocycles. The third-order valence-electron chi connectivity index (χ3n) is 5.40. The highest BCUT2D eigenvalue weighted by Gasteiger charge is 2.25. The first-order valence-corrected chi connectivity index (χ1v) is 10.8. The second-order valence-corrected chi connectivity index (χ2v) is 8.42. The van der Waals surface area contributed by atoms with Crippen LogP contribution in [0.15, 0.2) is 54.9 Å². The van der Waals surface area contributed by atoms with Crippen molar-refractivity contribution in [2.45, 2.75) is 13.5 Å². The number of carbonyl (C=O) groups is 1. The second-order valence-electron chi connectivity index (χ2n) is 7.39. The monoisotopic (exact) mass is 418 g/mol. The van der Waals surface area contributed by atoms with Gasteiger partial charge in [0, 0.05) is 44.0 Å². The number of anilines is 1. The lowest BCUT2D eigenvalue weighted by molar-refractivity contribution is 0.0751. The molecule has 1 aliphatic rings. The molecule has 30 heavy (non-hydrogen) atoms. The maximum atomic E-state index is 13.1. The van der Waals surface area contributed by atoms with Gasteiger partial charge in [0.15, 0.2) is 0 Å². The van der Waals surface area contributed by atoms with Crippen molar-refractivity contribution < 1.29 is 4.79 Å². The number of fused-ring (bicyclic) bond motifs is 1. The van der Waals surface area contributed by atoms with Crippen LogP contribution < -0.4 is 4.90 Å². The molecule has 0 atom stereocenters. The van der Waals surface area contributed by atoms with Gasteiger partial charge in [0.1, 0.15) is 4.83 Å². The predicted octanol–water partition coefficient (Wildman–Crippen LogP) is 3.21. The van der Waals surface area contributed by atoms with E-state index in [1.807, 2.05) is 46.8 Å². The Morgan fingerprint density at radius 2 is 1.77 bits per heavy atom. The summed E-state index contributed by atoms with van der Waals surface area (Å²) in [6.45, 7) is 5.52. The molecule has 4 aromatic rings. The van der Waals surface area contributed by atoms with Crippen molar-refractivity contribution in [3.8, 4) is 0 Å². The van der Waals surface area contributed by atoms with Crippen molar-refractivity contribution in [1.29, 1.82) is 0 Å². The summed E-state index contributed by atoms with van der Waals surface area (Å²) >= 11 is 1.53. The minimum absolute atomic E-state index is 0.0930. The van der Waals surface area contributed by atoms with E-state index >= 15 is 0 Å². The van der Waals surface area contributed by atoms with Crippen molar-refractivity contribution >= 4 is 33.4 Å². The molecule has 8 heteroatoms. The third kappa shape index (κ3) is 3.54. The summed E-state index contributed by atoms with van der Waals surface area (Å²) in [6, 6.07) is 14.1. The first kappa shape index (κ1) is 18.7. The van der Waals surface area contributed by atoms with E-state index in [-0.39, 0.29) is 5.91 Å². The fraction of sp³-hybridized carbons (Fsp3) is 0.273. The molecule has 1 aliphatic heterocycles. The molecule has 3 aromatic heterocycles. The average molecular weight is 419 g/mol. The molecular weight excluding hydrogens is 396 g/mol. The van der Waals surface area contributed by atoms with Crippen LogP contribution in [0.3, 0.4) is 0 Å². The summed E-state index contributed by atoms with van der Waals surface area (Å²) in [5.74, 6) is 0.818. The summed E-state index contributed by atoms with van der Waals surface area (Å²) < 4.78 is 2.01. The number of carbonyl (C=O) groups excluding carboxylic acids is 1. The van der Waals surface area contributed by atoms with Crippen LogP contribution in [0.4, 0.5) is 5.95 Å². The maximum absolute atomic E-state index is 13.1. The zero-order chi connectivity index (χ0) is 20.5. The van der Waals surface area contributed by atoms with Crippen LogP contribution in [0.2, 0.25) is 0 Å². The smallest absolute Gasteiger partial charge is 0.264 e. The Hall–Kier alpha value is -3.26. The van der Waals surface area contributed by atoms with Gasteiger partial charge in [-0.2, -0.15) is 5.10 Å². The molecule has 1 fully saturated rings. The van der Waals surface area contributed by atoms with E-state index in [4.69, 9.17) is 0 Å². The van der Waals surface area contributed by atoms with Gasteiger partial charge in [0.2, 0.25) is 5.95 Å². The van der Waals surface area contributed by atoms with E-state index in [0.29, 0.717) is 19.6 Å². The van der Waals surface area contributed by atoms with Gasteiger partial charge in [-0.3, -0.25) is 9.48 Å². The van der Waals surface area contributed by atoms with E-state index in [1.165, 1.54) is 16.9 Å². The summed E-state index contributed by atoms with van der Waals surface area (Å²) in [5, 5.41) is 5.75. The molecule has 0 spiro atoms. The highest BCUT2D eigenvalue weighted by atomic mass is 32.1. The molecule has 1 saturated heterocycles. The normalized spacial score (nSPS) is 14.4. The zero-order valence-corrected chi connectivity index (χ0v) is 17.5. The van der Waals surface area contributed by atoms with Crippen LogP contribution in [-0.2, 0) is 6.54 Å². The first-order chi connectivity index (χ1) is 14.7. The van der Waals surface area contributed by atoms with Crippen LogP contribution >= 0.6 is 11.3 Å². The van der Waals surface area contributed by atoms with Crippen molar-refractivity contribution in [1.82, 2.24) is 24.6 Å². The van der Waals surface area contributed by atoms with Gasteiger partial charge in [0.25, 0.3) is 5.91 Å². The Morgan fingerprint density at radius 3 is 2.50 bits per heavy atom. The van der Waals surface area contributed by atoms with E-state index < -0.39 is 0 Å². The molecule has 1 aromatic carbocycles. The largest absolute Gasteiger partial charge is 0.337 e. The van der Waals surface area contributed by atoms with Gasteiger partial charge in [-0.1, -0.05) is 30.3 Å². The molecule has 152 valence electrons. The Balaban J connectivity index is 1.33. The topological polar surface area (TPSA) is 67.2 Å². The number of hydrogen-bond donors (Lipinski definition) is 0. The first-order valence-electron chi connectivity index (χ1n) is 10.0. The minimum atomic E-state index is 0.0930. The summed E-state index contributed by atoms with van der Waals surface area (Å²) in [4.78, 5) is 27.6. The number of aryl methyl sites for hydroxylation is 1. The van der Waals surface area contributed by atoms with Crippen LogP contribution in [0.1, 0.15) is 20.9 Å². The number of hydrogen-bond acceptors (Lipinski definition) is 6. The Labute approximate surface area is 178 Å². The highest BCUT2D eigenvalue weighted by molar-refractivity contribution is 7.20. The van der Waals surface area contributed by atoms with E-state index in [0.717, 1.165) is 39.8 Å². The summed E-state index contributed by atoms with van der Waals surface area (Å²) in [6.07, 6.45) is 3.50. The van der Waals surface area contributed by atoms with Crippen molar-refractivity contribution in [2.75, 3.05) is 31.1 Å². The van der Waals surface area contributed by atoms with Gasteiger partial charge in [0.05, 0.1) is 17.1 Å². The van der Waals surface area contributed by atoms with Crippen LogP contribution in [0.25, 0.3) is 10.2 Å². The van der Waals surface area contributed by atoms with Crippen LogP contribution in [0.5, 0.6) is 0 Å². The van der Waals surface area contributed by atoms with E-state index in [2.05, 4.69) is 32.1 Å². The van der Waals surface area contributed by atoms with Crippen molar-refractivity contribution in [3.63, 3.8) is 0 Å². The fourth-order valence-corrected chi connectivity index (χ4v) is 4.93. The number of rotatable bonds is 4. The van der Waals surface area contributed by atoms with Crippen molar-refractivity contribution in [3.05, 3.63) is 71.0 Å². The Kier molecular flexibility index (Phi) is 4.92. The quantitative estimate of drug-likeness (QED) is 0.509. The predicted molar refractivity (Wildman–Crippen MR) is 118 cm³/mol. The van der Waals surface area contributed by atoms with Gasteiger partial charge in [-0.05, 0) is 24.6 Å².